The molecule has 0 amide bonds. The van der Waals surface area contributed by atoms with Crippen molar-refractivity contribution in [2.45, 2.75) is 78.1 Å². The second-order valence-electron chi connectivity index (χ2n) is 8.32. The summed E-state index contributed by atoms with van der Waals surface area (Å²) in [5.41, 5.74) is 0. The molecule has 3 saturated carbocycles. The summed E-state index contributed by atoms with van der Waals surface area (Å²) in [6.07, 6.45) is 11.2. The lowest BCUT2D eigenvalue weighted by molar-refractivity contribution is -0.130. The number of fused-ring (bicyclic) bond motifs is 1. The number of hydrogen-bond acceptors (Lipinski definition) is 2. The van der Waals surface area contributed by atoms with Gasteiger partial charge in [0.25, 0.3) is 0 Å². The highest BCUT2D eigenvalue weighted by atomic mass is 16.1. The maximum absolute atomic E-state index is 12.1. The first kappa shape index (κ1) is 16.2. The fourth-order valence-electron chi connectivity index (χ4n) is 5.78. The molecule has 0 unspecified atom stereocenters. The van der Waals surface area contributed by atoms with Gasteiger partial charge in [-0.25, -0.2) is 0 Å². The van der Waals surface area contributed by atoms with Crippen LogP contribution in [-0.2, 0) is 9.59 Å². The Bertz CT molecular complexity index is 423. The molecule has 3 aliphatic rings. The van der Waals surface area contributed by atoms with Gasteiger partial charge in [0.05, 0.1) is 0 Å². The number of rotatable bonds is 4. The van der Waals surface area contributed by atoms with E-state index in [0.29, 0.717) is 23.4 Å². The van der Waals surface area contributed by atoms with E-state index in [9.17, 15) is 9.59 Å². The SMILES string of the molecule is CCCC[C@H]1[C@H]([C@@H]2CCC(=O)C2)CC[C@H]2CC(=O)[C@H](C)C[C@@H]21. The van der Waals surface area contributed by atoms with Crippen LogP contribution in [0.2, 0.25) is 0 Å². The minimum atomic E-state index is 0.273. The third-order valence-electron chi connectivity index (χ3n) is 7.00. The van der Waals surface area contributed by atoms with Crippen LogP contribution in [0, 0.1) is 35.5 Å². The third-order valence-corrected chi connectivity index (χ3v) is 7.00. The van der Waals surface area contributed by atoms with Crippen LogP contribution >= 0.6 is 0 Å². The Morgan fingerprint density at radius 1 is 1.00 bits per heavy atom. The maximum atomic E-state index is 12.1. The molecule has 3 aliphatic carbocycles. The Morgan fingerprint density at radius 3 is 2.45 bits per heavy atom. The summed E-state index contributed by atoms with van der Waals surface area (Å²) in [7, 11) is 0. The second-order valence-corrected chi connectivity index (χ2v) is 8.32. The molecule has 0 heterocycles. The molecular weight excluding hydrogens is 272 g/mol. The zero-order chi connectivity index (χ0) is 15.7. The van der Waals surface area contributed by atoms with Crippen molar-refractivity contribution >= 4 is 11.6 Å². The van der Waals surface area contributed by atoms with E-state index >= 15 is 0 Å². The highest BCUT2D eigenvalue weighted by Gasteiger charge is 2.46. The van der Waals surface area contributed by atoms with E-state index in [1.165, 1.54) is 32.1 Å². The van der Waals surface area contributed by atoms with E-state index in [4.69, 9.17) is 0 Å². The summed E-state index contributed by atoms with van der Waals surface area (Å²) in [5.74, 6) is 4.88. The molecule has 0 N–H and O–H groups in total. The van der Waals surface area contributed by atoms with Gasteiger partial charge in [0.2, 0.25) is 0 Å². The summed E-state index contributed by atoms with van der Waals surface area (Å²) in [5, 5.41) is 0. The molecule has 0 aromatic carbocycles. The van der Waals surface area contributed by atoms with Crippen LogP contribution in [0.25, 0.3) is 0 Å². The molecule has 6 atom stereocenters. The molecule has 0 spiro atoms. The van der Waals surface area contributed by atoms with Crippen molar-refractivity contribution < 1.29 is 9.59 Å². The molecule has 0 aliphatic heterocycles. The van der Waals surface area contributed by atoms with Crippen LogP contribution in [-0.4, -0.2) is 11.6 Å². The van der Waals surface area contributed by atoms with Crippen molar-refractivity contribution in [2.24, 2.45) is 35.5 Å². The highest BCUT2D eigenvalue weighted by molar-refractivity contribution is 5.82. The molecule has 0 saturated heterocycles. The Hall–Kier alpha value is -0.660. The summed E-state index contributed by atoms with van der Waals surface area (Å²) in [4.78, 5) is 23.9. The smallest absolute Gasteiger partial charge is 0.135 e. The average molecular weight is 304 g/mol. The van der Waals surface area contributed by atoms with Crippen LogP contribution in [0.5, 0.6) is 0 Å². The number of carbonyl (C=O) groups excluding carboxylic acids is 2. The quantitative estimate of drug-likeness (QED) is 0.747. The molecule has 3 fully saturated rings. The topological polar surface area (TPSA) is 34.1 Å². The fraction of sp³-hybridized carbons (Fsp3) is 0.900. The Balaban J connectivity index is 1.76. The van der Waals surface area contributed by atoms with E-state index in [-0.39, 0.29) is 5.92 Å². The van der Waals surface area contributed by atoms with Gasteiger partial charge >= 0.3 is 0 Å². The average Bonchev–Trinajstić information content (AvgIpc) is 2.92. The first-order valence-corrected chi connectivity index (χ1v) is 9.64. The zero-order valence-electron chi connectivity index (χ0n) is 14.4. The lowest BCUT2D eigenvalue weighted by Gasteiger charge is -2.48. The summed E-state index contributed by atoms with van der Waals surface area (Å²) in [6.45, 7) is 4.42. The molecule has 22 heavy (non-hydrogen) atoms. The van der Waals surface area contributed by atoms with Gasteiger partial charge in [0.15, 0.2) is 0 Å². The summed E-state index contributed by atoms with van der Waals surface area (Å²) < 4.78 is 0. The predicted octanol–water partition coefficient (Wildman–Crippen LogP) is 4.80. The second kappa shape index (κ2) is 6.84. The molecule has 2 heteroatoms. The summed E-state index contributed by atoms with van der Waals surface area (Å²) >= 11 is 0. The van der Waals surface area contributed by atoms with E-state index in [2.05, 4.69) is 13.8 Å². The van der Waals surface area contributed by atoms with E-state index in [1.54, 1.807) is 0 Å². The van der Waals surface area contributed by atoms with Gasteiger partial charge in [0.1, 0.15) is 11.6 Å². The van der Waals surface area contributed by atoms with Crippen molar-refractivity contribution in [3.05, 3.63) is 0 Å². The van der Waals surface area contributed by atoms with E-state index in [1.807, 2.05) is 0 Å². The van der Waals surface area contributed by atoms with E-state index < -0.39 is 0 Å². The molecule has 0 bridgehead atoms. The fourth-order valence-corrected chi connectivity index (χ4v) is 5.78. The van der Waals surface area contributed by atoms with Gasteiger partial charge in [-0.15, -0.1) is 0 Å². The number of ketones is 2. The first-order chi connectivity index (χ1) is 10.6. The molecule has 124 valence electrons. The predicted molar refractivity (Wildman–Crippen MR) is 88.5 cm³/mol. The number of carbonyl (C=O) groups is 2. The maximum Gasteiger partial charge on any atom is 0.135 e. The third kappa shape index (κ3) is 3.16. The largest absolute Gasteiger partial charge is 0.300 e. The standard InChI is InChI=1S/C20H32O2/c1-3-4-5-18-17(14-6-8-16(21)11-14)9-7-15-12-20(22)13(2)10-19(15)18/h13-15,17-19H,3-12H2,1-2H3/t13-,14-,15+,17+,18+,19+/m1/s1. The van der Waals surface area contributed by atoms with Gasteiger partial charge in [0, 0.05) is 25.2 Å². The van der Waals surface area contributed by atoms with Gasteiger partial charge in [-0.2, -0.15) is 0 Å². The van der Waals surface area contributed by atoms with Crippen LogP contribution < -0.4 is 0 Å². The van der Waals surface area contributed by atoms with Crippen LogP contribution in [0.3, 0.4) is 0 Å². The zero-order valence-corrected chi connectivity index (χ0v) is 14.4. The molecule has 0 radical (unpaired) electrons. The highest BCUT2D eigenvalue weighted by Crippen LogP contribution is 2.52. The number of hydrogen-bond donors (Lipinski definition) is 0. The van der Waals surface area contributed by atoms with Gasteiger partial charge in [-0.05, 0) is 61.7 Å². The van der Waals surface area contributed by atoms with Gasteiger partial charge < -0.3 is 0 Å². The minimum absolute atomic E-state index is 0.273. The van der Waals surface area contributed by atoms with Crippen molar-refractivity contribution in [3.63, 3.8) is 0 Å². The summed E-state index contributed by atoms with van der Waals surface area (Å²) in [6, 6.07) is 0. The van der Waals surface area contributed by atoms with Crippen LogP contribution in [0.4, 0.5) is 0 Å². The van der Waals surface area contributed by atoms with Crippen LogP contribution in [0.15, 0.2) is 0 Å². The Labute approximate surface area is 135 Å². The normalized spacial score (nSPS) is 42.5. The number of unbranched alkanes of at least 4 members (excludes halogenated alkanes) is 1. The van der Waals surface area contributed by atoms with Crippen molar-refractivity contribution in [1.29, 1.82) is 0 Å². The monoisotopic (exact) mass is 304 g/mol. The first-order valence-electron chi connectivity index (χ1n) is 9.64. The minimum Gasteiger partial charge on any atom is -0.300 e. The Morgan fingerprint density at radius 2 is 1.77 bits per heavy atom. The molecule has 2 nitrogen and oxygen atoms in total. The van der Waals surface area contributed by atoms with Gasteiger partial charge in [-0.1, -0.05) is 26.7 Å². The van der Waals surface area contributed by atoms with Gasteiger partial charge in [-0.3, -0.25) is 9.59 Å². The lowest BCUT2D eigenvalue weighted by atomic mass is 9.56. The van der Waals surface area contributed by atoms with Crippen LogP contribution in [0.1, 0.15) is 78.1 Å². The van der Waals surface area contributed by atoms with Crippen molar-refractivity contribution in [1.82, 2.24) is 0 Å². The molecule has 0 aromatic rings. The number of Topliss-reactive ketones (excluding diaryl/α,β-unsaturated/α-hetero) is 2. The molecule has 0 aromatic heterocycles. The van der Waals surface area contributed by atoms with Crippen molar-refractivity contribution in [3.8, 4) is 0 Å². The van der Waals surface area contributed by atoms with E-state index in [0.717, 1.165) is 49.9 Å². The Kier molecular flexibility index (Phi) is 5.04. The van der Waals surface area contributed by atoms with Crippen molar-refractivity contribution in [2.75, 3.05) is 0 Å². The lowest BCUT2D eigenvalue weighted by Crippen LogP contribution is -2.43. The molecular formula is C20H32O2. The molecule has 3 rings (SSSR count).